The maximum absolute atomic E-state index is 11.7. The number of rotatable bonds is 3. The third-order valence-electron chi connectivity index (χ3n) is 3.91. The molecule has 0 aliphatic heterocycles. The Kier molecular flexibility index (Phi) is 3.97. The molecule has 0 spiro atoms. The zero-order chi connectivity index (χ0) is 14.8. The molecule has 0 radical (unpaired) electrons. The number of anilines is 1. The van der Waals surface area contributed by atoms with E-state index in [9.17, 15) is 4.79 Å². The molecular weight excluding hydrogens is 328 g/mol. The standard InChI is InChI=1S/C17H17BrN2O/c1-19-17(21)11-4-2-5-12(10-11)20-16-9-8-13-14(16)6-3-7-15(13)18/h2-7,10,16,20H,8-9H2,1H3,(H,19,21). The Morgan fingerprint density at radius 3 is 2.86 bits per heavy atom. The van der Waals surface area contributed by atoms with Gasteiger partial charge in [0.1, 0.15) is 0 Å². The summed E-state index contributed by atoms with van der Waals surface area (Å²) in [6.07, 6.45) is 2.14. The van der Waals surface area contributed by atoms with Crippen LogP contribution in [0.2, 0.25) is 0 Å². The van der Waals surface area contributed by atoms with E-state index in [0.29, 0.717) is 11.6 Å². The van der Waals surface area contributed by atoms with Crippen molar-refractivity contribution in [3.63, 3.8) is 0 Å². The van der Waals surface area contributed by atoms with E-state index in [0.717, 1.165) is 18.5 Å². The van der Waals surface area contributed by atoms with Gasteiger partial charge in [0.25, 0.3) is 5.91 Å². The number of hydrogen-bond donors (Lipinski definition) is 2. The van der Waals surface area contributed by atoms with Crippen molar-refractivity contribution >= 4 is 27.5 Å². The summed E-state index contributed by atoms with van der Waals surface area (Å²) < 4.78 is 1.18. The van der Waals surface area contributed by atoms with Gasteiger partial charge in [0.2, 0.25) is 0 Å². The summed E-state index contributed by atoms with van der Waals surface area (Å²) in [5, 5.41) is 6.20. The number of fused-ring (bicyclic) bond motifs is 1. The Balaban J connectivity index is 1.83. The molecule has 108 valence electrons. The van der Waals surface area contributed by atoms with Crippen LogP contribution < -0.4 is 10.6 Å². The molecule has 1 unspecified atom stereocenters. The first-order chi connectivity index (χ1) is 10.2. The topological polar surface area (TPSA) is 41.1 Å². The molecule has 0 bridgehead atoms. The zero-order valence-corrected chi connectivity index (χ0v) is 13.4. The summed E-state index contributed by atoms with van der Waals surface area (Å²) in [5.74, 6) is -0.0618. The average Bonchev–Trinajstić information content (AvgIpc) is 2.91. The summed E-state index contributed by atoms with van der Waals surface area (Å²) in [5.41, 5.74) is 4.39. The molecule has 3 rings (SSSR count). The summed E-state index contributed by atoms with van der Waals surface area (Å²) in [6, 6.07) is 14.3. The minimum absolute atomic E-state index is 0.0618. The normalized spacial score (nSPS) is 16.4. The first kappa shape index (κ1) is 14.1. The van der Waals surface area contributed by atoms with Crippen LogP contribution in [0.1, 0.15) is 33.9 Å². The second-order valence-corrected chi connectivity index (χ2v) is 6.06. The highest BCUT2D eigenvalue weighted by molar-refractivity contribution is 9.10. The molecule has 0 heterocycles. The predicted octanol–water partition coefficient (Wildman–Crippen LogP) is 3.91. The van der Waals surface area contributed by atoms with Crippen molar-refractivity contribution < 1.29 is 4.79 Å². The van der Waals surface area contributed by atoms with Gasteiger partial charge in [-0.1, -0.05) is 34.1 Å². The lowest BCUT2D eigenvalue weighted by atomic mass is 10.1. The molecule has 1 aliphatic rings. The Labute approximate surface area is 132 Å². The molecule has 0 saturated heterocycles. The molecule has 1 amide bonds. The molecule has 0 fully saturated rings. The molecule has 2 N–H and O–H groups in total. The monoisotopic (exact) mass is 344 g/mol. The van der Waals surface area contributed by atoms with Crippen molar-refractivity contribution in [3.05, 3.63) is 63.6 Å². The number of nitrogens with one attached hydrogen (secondary N) is 2. The lowest BCUT2D eigenvalue weighted by Gasteiger charge is -2.16. The van der Waals surface area contributed by atoms with E-state index < -0.39 is 0 Å². The van der Waals surface area contributed by atoms with Gasteiger partial charge in [-0.05, 0) is 48.2 Å². The first-order valence-electron chi connectivity index (χ1n) is 7.05. The van der Waals surface area contributed by atoms with Crippen molar-refractivity contribution in [2.24, 2.45) is 0 Å². The number of amides is 1. The highest BCUT2D eigenvalue weighted by atomic mass is 79.9. The smallest absolute Gasteiger partial charge is 0.251 e. The van der Waals surface area contributed by atoms with Gasteiger partial charge in [0.15, 0.2) is 0 Å². The van der Waals surface area contributed by atoms with Gasteiger partial charge < -0.3 is 10.6 Å². The van der Waals surface area contributed by atoms with Crippen molar-refractivity contribution in [3.8, 4) is 0 Å². The van der Waals surface area contributed by atoms with Crippen LogP contribution in [0.15, 0.2) is 46.9 Å². The van der Waals surface area contributed by atoms with Gasteiger partial charge in [-0.25, -0.2) is 0 Å². The number of benzene rings is 2. The Bertz CT molecular complexity index is 684. The molecule has 0 saturated carbocycles. The molecule has 0 aromatic heterocycles. The molecule has 1 aliphatic carbocycles. The minimum Gasteiger partial charge on any atom is -0.378 e. The number of hydrogen-bond acceptors (Lipinski definition) is 2. The van der Waals surface area contributed by atoms with E-state index in [2.05, 4.69) is 44.8 Å². The molecule has 3 nitrogen and oxygen atoms in total. The van der Waals surface area contributed by atoms with E-state index in [-0.39, 0.29) is 5.91 Å². The lowest BCUT2D eigenvalue weighted by Crippen LogP contribution is -2.18. The van der Waals surface area contributed by atoms with Gasteiger partial charge in [-0.2, -0.15) is 0 Å². The maximum Gasteiger partial charge on any atom is 0.251 e. The summed E-state index contributed by atoms with van der Waals surface area (Å²) in [4.78, 5) is 11.7. The summed E-state index contributed by atoms with van der Waals surface area (Å²) >= 11 is 3.62. The predicted molar refractivity (Wildman–Crippen MR) is 88.7 cm³/mol. The molecular formula is C17H17BrN2O. The fraction of sp³-hybridized carbons (Fsp3) is 0.235. The van der Waals surface area contributed by atoms with Crippen LogP contribution in [-0.2, 0) is 6.42 Å². The number of carbonyl (C=O) groups is 1. The number of halogens is 1. The van der Waals surface area contributed by atoms with Crippen LogP contribution in [0.4, 0.5) is 5.69 Å². The zero-order valence-electron chi connectivity index (χ0n) is 11.8. The Hall–Kier alpha value is -1.81. The van der Waals surface area contributed by atoms with Crippen LogP contribution in [-0.4, -0.2) is 13.0 Å². The molecule has 2 aromatic carbocycles. The van der Waals surface area contributed by atoms with Crippen LogP contribution in [0.3, 0.4) is 0 Å². The van der Waals surface area contributed by atoms with Crippen LogP contribution in [0.5, 0.6) is 0 Å². The van der Waals surface area contributed by atoms with Crippen molar-refractivity contribution in [1.29, 1.82) is 0 Å². The molecule has 4 heteroatoms. The Morgan fingerprint density at radius 1 is 1.24 bits per heavy atom. The Morgan fingerprint density at radius 2 is 2.05 bits per heavy atom. The fourth-order valence-corrected chi connectivity index (χ4v) is 3.44. The SMILES string of the molecule is CNC(=O)c1cccc(NC2CCc3c(Br)cccc32)c1. The highest BCUT2D eigenvalue weighted by Gasteiger charge is 2.23. The van der Waals surface area contributed by atoms with Crippen LogP contribution in [0, 0.1) is 0 Å². The van der Waals surface area contributed by atoms with Gasteiger partial charge >= 0.3 is 0 Å². The third-order valence-corrected chi connectivity index (χ3v) is 4.65. The highest BCUT2D eigenvalue weighted by Crippen LogP contribution is 2.37. The summed E-state index contributed by atoms with van der Waals surface area (Å²) in [6.45, 7) is 0. The van der Waals surface area contributed by atoms with E-state index >= 15 is 0 Å². The molecule has 2 aromatic rings. The number of carbonyl (C=O) groups excluding carboxylic acids is 1. The van der Waals surface area contributed by atoms with E-state index in [4.69, 9.17) is 0 Å². The maximum atomic E-state index is 11.7. The lowest BCUT2D eigenvalue weighted by molar-refractivity contribution is 0.0963. The largest absolute Gasteiger partial charge is 0.378 e. The van der Waals surface area contributed by atoms with Crippen molar-refractivity contribution in [2.45, 2.75) is 18.9 Å². The van der Waals surface area contributed by atoms with Gasteiger partial charge in [-0.15, -0.1) is 0 Å². The third kappa shape index (κ3) is 2.81. The van der Waals surface area contributed by atoms with Crippen LogP contribution >= 0.6 is 15.9 Å². The first-order valence-corrected chi connectivity index (χ1v) is 7.84. The van der Waals surface area contributed by atoms with E-state index in [1.807, 2.05) is 24.3 Å². The van der Waals surface area contributed by atoms with E-state index in [1.54, 1.807) is 7.05 Å². The van der Waals surface area contributed by atoms with E-state index in [1.165, 1.54) is 15.6 Å². The second-order valence-electron chi connectivity index (χ2n) is 5.20. The quantitative estimate of drug-likeness (QED) is 0.886. The molecule has 21 heavy (non-hydrogen) atoms. The fourth-order valence-electron chi connectivity index (χ4n) is 2.86. The van der Waals surface area contributed by atoms with Crippen molar-refractivity contribution in [2.75, 3.05) is 12.4 Å². The van der Waals surface area contributed by atoms with Gasteiger partial charge in [0.05, 0.1) is 6.04 Å². The second kappa shape index (κ2) is 5.90. The van der Waals surface area contributed by atoms with Gasteiger partial charge in [-0.3, -0.25) is 4.79 Å². The van der Waals surface area contributed by atoms with Gasteiger partial charge in [0, 0.05) is 22.8 Å². The van der Waals surface area contributed by atoms with Crippen LogP contribution in [0.25, 0.3) is 0 Å². The summed E-state index contributed by atoms with van der Waals surface area (Å²) in [7, 11) is 1.65. The minimum atomic E-state index is -0.0618. The van der Waals surface area contributed by atoms with Crippen molar-refractivity contribution in [1.82, 2.24) is 5.32 Å². The molecule has 1 atom stereocenters. The average molecular weight is 345 g/mol.